The summed E-state index contributed by atoms with van der Waals surface area (Å²) in [6.07, 6.45) is 2.75. The maximum Gasteiger partial charge on any atom is 0.123 e. The van der Waals surface area contributed by atoms with Crippen LogP contribution < -0.4 is 0 Å². The molecular weight excluding hydrogens is 189 g/mol. The third kappa shape index (κ3) is 2.32. The van der Waals surface area contributed by atoms with Gasteiger partial charge in [0.1, 0.15) is 5.82 Å². The lowest BCUT2D eigenvalue weighted by Gasteiger charge is -2.05. The van der Waals surface area contributed by atoms with Gasteiger partial charge in [0.2, 0.25) is 0 Å². The molecule has 0 spiro atoms. The van der Waals surface area contributed by atoms with Gasteiger partial charge in [-0.1, -0.05) is 13.8 Å². The number of pyridine rings is 1. The monoisotopic (exact) mass is 203 g/mol. The van der Waals surface area contributed by atoms with E-state index in [0.717, 1.165) is 22.9 Å². The molecular formula is C13H14FN. The number of fused-ring (bicyclic) bond motifs is 1. The lowest BCUT2D eigenvalue weighted by atomic mass is 10.1. The molecule has 0 aliphatic rings. The van der Waals surface area contributed by atoms with Crippen molar-refractivity contribution >= 4 is 10.8 Å². The fraction of sp³-hybridized carbons (Fsp3) is 0.308. The van der Waals surface area contributed by atoms with E-state index < -0.39 is 0 Å². The molecule has 0 unspecified atom stereocenters. The Bertz CT molecular complexity index is 477. The zero-order chi connectivity index (χ0) is 10.8. The quantitative estimate of drug-likeness (QED) is 0.727. The third-order valence-corrected chi connectivity index (χ3v) is 2.36. The van der Waals surface area contributed by atoms with Crippen molar-refractivity contribution in [3.05, 3.63) is 42.0 Å². The molecule has 0 saturated carbocycles. The molecule has 1 aromatic carbocycles. The molecule has 15 heavy (non-hydrogen) atoms. The van der Waals surface area contributed by atoms with E-state index in [0.29, 0.717) is 5.92 Å². The van der Waals surface area contributed by atoms with Crippen LogP contribution >= 0.6 is 0 Å². The van der Waals surface area contributed by atoms with E-state index >= 15 is 0 Å². The Kier molecular flexibility index (Phi) is 2.67. The molecule has 78 valence electrons. The summed E-state index contributed by atoms with van der Waals surface area (Å²) < 4.78 is 13.0. The van der Waals surface area contributed by atoms with Crippen LogP contribution in [0.5, 0.6) is 0 Å². The summed E-state index contributed by atoms with van der Waals surface area (Å²) in [5, 5.41) is 1.92. The van der Waals surface area contributed by atoms with E-state index in [-0.39, 0.29) is 5.82 Å². The van der Waals surface area contributed by atoms with Gasteiger partial charge in [-0.15, -0.1) is 0 Å². The van der Waals surface area contributed by atoms with Crippen LogP contribution in [0.3, 0.4) is 0 Å². The standard InChI is InChI=1S/C13H14FN/c1-9(2)5-13-7-11-6-12(14)4-3-10(11)8-15-13/h3-4,6-9H,5H2,1-2H3. The van der Waals surface area contributed by atoms with E-state index in [1.54, 1.807) is 12.1 Å². The first-order valence-corrected chi connectivity index (χ1v) is 5.19. The van der Waals surface area contributed by atoms with Crippen molar-refractivity contribution in [2.24, 2.45) is 5.92 Å². The Morgan fingerprint density at radius 1 is 1.20 bits per heavy atom. The second-order valence-corrected chi connectivity index (χ2v) is 4.27. The van der Waals surface area contributed by atoms with Crippen molar-refractivity contribution in [3.63, 3.8) is 0 Å². The average molecular weight is 203 g/mol. The minimum absolute atomic E-state index is 0.191. The Balaban J connectivity index is 2.45. The maximum atomic E-state index is 13.0. The SMILES string of the molecule is CC(C)Cc1cc2cc(F)ccc2cn1. The first kappa shape index (κ1) is 10.1. The summed E-state index contributed by atoms with van der Waals surface area (Å²) in [4.78, 5) is 4.35. The smallest absolute Gasteiger partial charge is 0.123 e. The Morgan fingerprint density at radius 2 is 2.00 bits per heavy atom. The number of hydrogen-bond donors (Lipinski definition) is 0. The normalized spacial score (nSPS) is 11.2. The molecule has 0 amide bonds. The summed E-state index contributed by atoms with van der Waals surface area (Å²) in [7, 11) is 0. The average Bonchev–Trinajstić information content (AvgIpc) is 2.16. The van der Waals surface area contributed by atoms with E-state index in [9.17, 15) is 4.39 Å². The van der Waals surface area contributed by atoms with Gasteiger partial charge in [0.15, 0.2) is 0 Å². The van der Waals surface area contributed by atoms with Crippen LogP contribution in [-0.4, -0.2) is 4.98 Å². The van der Waals surface area contributed by atoms with Crippen molar-refractivity contribution < 1.29 is 4.39 Å². The molecule has 2 aromatic rings. The second kappa shape index (κ2) is 3.97. The van der Waals surface area contributed by atoms with E-state index in [1.807, 2.05) is 12.3 Å². The molecule has 1 nitrogen and oxygen atoms in total. The van der Waals surface area contributed by atoms with Gasteiger partial charge >= 0.3 is 0 Å². The van der Waals surface area contributed by atoms with E-state index in [4.69, 9.17) is 0 Å². The zero-order valence-electron chi connectivity index (χ0n) is 9.00. The number of nitrogens with zero attached hydrogens (tertiary/aromatic N) is 1. The highest BCUT2D eigenvalue weighted by Crippen LogP contribution is 2.17. The van der Waals surface area contributed by atoms with Gasteiger partial charge in [-0.05, 0) is 42.0 Å². The van der Waals surface area contributed by atoms with Crippen LogP contribution in [-0.2, 0) is 6.42 Å². The second-order valence-electron chi connectivity index (χ2n) is 4.27. The Labute approximate surface area is 89.0 Å². The number of hydrogen-bond acceptors (Lipinski definition) is 1. The highest BCUT2D eigenvalue weighted by molar-refractivity contribution is 5.81. The topological polar surface area (TPSA) is 12.9 Å². The predicted molar refractivity (Wildman–Crippen MR) is 60.2 cm³/mol. The van der Waals surface area contributed by atoms with Crippen LogP contribution in [0.4, 0.5) is 4.39 Å². The molecule has 0 bridgehead atoms. The number of aromatic nitrogens is 1. The highest BCUT2D eigenvalue weighted by Gasteiger charge is 2.01. The van der Waals surface area contributed by atoms with Crippen LogP contribution in [0.2, 0.25) is 0 Å². The van der Waals surface area contributed by atoms with Crippen LogP contribution in [0.1, 0.15) is 19.5 Å². The molecule has 0 fully saturated rings. The fourth-order valence-electron chi connectivity index (χ4n) is 1.69. The molecule has 0 aliphatic heterocycles. The molecule has 2 heteroatoms. The van der Waals surface area contributed by atoms with Crippen LogP contribution in [0, 0.1) is 11.7 Å². The summed E-state index contributed by atoms with van der Waals surface area (Å²) in [6, 6.07) is 6.75. The minimum atomic E-state index is -0.191. The lowest BCUT2D eigenvalue weighted by molar-refractivity contribution is 0.629. The molecule has 1 aromatic heterocycles. The van der Waals surface area contributed by atoms with Crippen LogP contribution in [0.15, 0.2) is 30.5 Å². The van der Waals surface area contributed by atoms with Gasteiger partial charge in [0.05, 0.1) is 0 Å². The molecule has 0 aliphatic carbocycles. The molecule has 0 atom stereocenters. The first-order valence-electron chi connectivity index (χ1n) is 5.19. The molecule has 0 N–H and O–H groups in total. The molecule has 0 saturated heterocycles. The van der Waals surface area contributed by atoms with Crippen molar-refractivity contribution in [2.75, 3.05) is 0 Å². The summed E-state index contributed by atoms with van der Waals surface area (Å²) in [5.41, 5.74) is 1.03. The van der Waals surface area contributed by atoms with Crippen molar-refractivity contribution in [1.29, 1.82) is 0 Å². The Morgan fingerprint density at radius 3 is 2.73 bits per heavy atom. The van der Waals surface area contributed by atoms with Gasteiger partial charge in [-0.2, -0.15) is 0 Å². The van der Waals surface area contributed by atoms with E-state index in [1.165, 1.54) is 6.07 Å². The summed E-state index contributed by atoms with van der Waals surface area (Å²) >= 11 is 0. The van der Waals surface area contributed by atoms with Crippen molar-refractivity contribution in [2.45, 2.75) is 20.3 Å². The molecule has 1 heterocycles. The number of benzene rings is 1. The van der Waals surface area contributed by atoms with Gasteiger partial charge < -0.3 is 0 Å². The fourth-order valence-corrected chi connectivity index (χ4v) is 1.69. The Hall–Kier alpha value is -1.44. The minimum Gasteiger partial charge on any atom is -0.261 e. The first-order chi connectivity index (χ1) is 7.15. The molecule has 2 rings (SSSR count). The molecule has 0 radical (unpaired) electrons. The lowest BCUT2D eigenvalue weighted by Crippen LogP contribution is -1.96. The van der Waals surface area contributed by atoms with Crippen LogP contribution in [0.25, 0.3) is 10.8 Å². The van der Waals surface area contributed by atoms with Crippen molar-refractivity contribution in [1.82, 2.24) is 4.98 Å². The van der Waals surface area contributed by atoms with Gasteiger partial charge in [-0.3, -0.25) is 4.98 Å². The third-order valence-electron chi connectivity index (χ3n) is 2.36. The summed E-state index contributed by atoms with van der Waals surface area (Å²) in [5.74, 6) is 0.382. The van der Waals surface area contributed by atoms with Crippen molar-refractivity contribution in [3.8, 4) is 0 Å². The van der Waals surface area contributed by atoms with Gasteiger partial charge in [-0.25, -0.2) is 4.39 Å². The van der Waals surface area contributed by atoms with Gasteiger partial charge in [0, 0.05) is 17.3 Å². The van der Waals surface area contributed by atoms with E-state index in [2.05, 4.69) is 18.8 Å². The predicted octanol–water partition coefficient (Wildman–Crippen LogP) is 3.57. The zero-order valence-corrected chi connectivity index (χ0v) is 9.00. The number of rotatable bonds is 2. The number of halogens is 1. The summed E-state index contributed by atoms with van der Waals surface area (Å²) in [6.45, 7) is 4.30. The van der Waals surface area contributed by atoms with Gasteiger partial charge in [0.25, 0.3) is 0 Å². The largest absolute Gasteiger partial charge is 0.261 e. The highest BCUT2D eigenvalue weighted by atomic mass is 19.1. The maximum absolute atomic E-state index is 13.0.